The van der Waals surface area contributed by atoms with E-state index < -0.39 is 0 Å². The van der Waals surface area contributed by atoms with Gasteiger partial charge >= 0.3 is 0 Å². The molecule has 8 heteroatoms. The molecule has 154 valence electrons. The van der Waals surface area contributed by atoms with E-state index in [1.165, 1.54) is 18.2 Å². The van der Waals surface area contributed by atoms with E-state index in [2.05, 4.69) is 22.3 Å². The molecule has 2 aromatic heterocycles. The molecule has 0 bridgehead atoms. The minimum Gasteiger partial charge on any atom is -0.352 e. The van der Waals surface area contributed by atoms with Crippen LogP contribution in [-0.4, -0.2) is 31.8 Å². The third-order valence-corrected chi connectivity index (χ3v) is 5.22. The normalized spacial score (nSPS) is 11.6. The highest BCUT2D eigenvalue weighted by molar-refractivity contribution is 6.31. The molecule has 0 spiro atoms. The Kier molecular flexibility index (Phi) is 6.69. The zero-order valence-corrected chi connectivity index (χ0v) is 17.6. The van der Waals surface area contributed by atoms with Gasteiger partial charge in [0.15, 0.2) is 0 Å². The van der Waals surface area contributed by atoms with Gasteiger partial charge in [0.05, 0.1) is 16.7 Å². The van der Waals surface area contributed by atoms with Crippen molar-refractivity contribution in [3.63, 3.8) is 0 Å². The first kappa shape index (κ1) is 21.0. The molecule has 0 saturated carbocycles. The molecule has 0 radical (unpaired) electrons. The summed E-state index contributed by atoms with van der Waals surface area (Å²) >= 11 is 6.38. The summed E-state index contributed by atoms with van der Waals surface area (Å²) in [5.74, 6) is 0.255. The Morgan fingerprint density at radius 2 is 2.17 bits per heavy atom. The zero-order valence-electron chi connectivity index (χ0n) is 16.9. The van der Waals surface area contributed by atoms with Gasteiger partial charge in [-0.15, -0.1) is 0 Å². The lowest BCUT2D eigenvalue weighted by atomic mass is 10.2. The predicted molar refractivity (Wildman–Crippen MR) is 113 cm³/mol. The molecular formula is C21H25ClFN5O. The van der Waals surface area contributed by atoms with Gasteiger partial charge < -0.3 is 9.88 Å². The van der Waals surface area contributed by atoms with E-state index in [9.17, 15) is 9.18 Å². The number of aryl methyl sites for hydroxylation is 3. The minimum atomic E-state index is -0.312. The number of imidazole rings is 1. The number of carbonyl (C=O) groups is 1. The van der Waals surface area contributed by atoms with Gasteiger partial charge in [-0.05, 0) is 31.6 Å². The first-order chi connectivity index (χ1) is 13.9. The van der Waals surface area contributed by atoms with Crippen molar-refractivity contribution in [2.24, 2.45) is 7.05 Å². The Bertz CT molecular complexity index is 1050. The van der Waals surface area contributed by atoms with Crippen molar-refractivity contribution in [3.05, 3.63) is 52.3 Å². The van der Waals surface area contributed by atoms with Crippen LogP contribution in [0.5, 0.6) is 0 Å². The largest absolute Gasteiger partial charge is 0.352 e. The van der Waals surface area contributed by atoms with E-state index in [0.717, 1.165) is 42.0 Å². The van der Waals surface area contributed by atoms with Crippen molar-refractivity contribution < 1.29 is 9.18 Å². The molecular weight excluding hydrogens is 393 g/mol. The van der Waals surface area contributed by atoms with Gasteiger partial charge in [0.25, 0.3) is 0 Å². The van der Waals surface area contributed by atoms with Crippen LogP contribution in [0.2, 0.25) is 5.15 Å². The van der Waals surface area contributed by atoms with E-state index in [-0.39, 0.29) is 11.7 Å². The molecule has 0 atom stereocenters. The van der Waals surface area contributed by atoms with Crippen LogP contribution in [0.15, 0.2) is 24.3 Å². The van der Waals surface area contributed by atoms with Crippen LogP contribution < -0.4 is 5.32 Å². The monoisotopic (exact) mass is 417 g/mol. The van der Waals surface area contributed by atoms with Crippen LogP contribution >= 0.6 is 11.6 Å². The summed E-state index contributed by atoms with van der Waals surface area (Å²) in [4.78, 5) is 16.6. The molecule has 2 heterocycles. The molecule has 0 aliphatic carbocycles. The van der Waals surface area contributed by atoms with Crippen molar-refractivity contribution in [3.8, 4) is 0 Å². The second-order valence-corrected chi connectivity index (χ2v) is 7.32. The van der Waals surface area contributed by atoms with Crippen LogP contribution in [0.4, 0.5) is 4.39 Å². The van der Waals surface area contributed by atoms with E-state index in [1.54, 1.807) is 16.8 Å². The van der Waals surface area contributed by atoms with Gasteiger partial charge in [-0.3, -0.25) is 9.48 Å². The molecule has 0 saturated heterocycles. The molecule has 6 nitrogen and oxygen atoms in total. The second-order valence-electron chi connectivity index (χ2n) is 6.96. The summed E-state index contributed by atoms with van der Waals surface area (Å²) in [5, 5.41) is 7.82. The Balaban J connectivity index is 1.58. The number of unbranched alkanes of at least 4 members (excludes halogenated alkanes) is 1. The van der Waals surface area contributed by atoms with Crippen molar-refractivity contribution in [1.29, 1.82) is 0 Å². The van der Waals surface area contributed by atoms with Crippen LogP contribution in [0.1, 0.15) is 36.8 Å². The summed E-state index contributed by atoms with van der Waals surface area (Å²) in [6.45, 7) is 5.17. The molecule has 1 aromatic carbocycles. The Morgan fingerprint density at radius 1 is 1.38 bits per heavy atom. The highest BCUT2D eigenvalue weighted by Crippen LogP contribution is 2.21. The van der Waals surface area contributed by atoms with E-state index >= 15 is 0 Å². The maximum Gasteiger partial charge on any atom is 0.244 e. The predicted octanol–water partition coefficient (Wildman–Crippen LogP) is 4.04. The number of halogens is 2. The third kappa shape index (κ3) is 4.85. The number of benzene rings is 1. The lowest BCUT2D eigenvalue weighted by Crippen LogP contribution is -2.24. The van der Waals surface area contributed by atoms with Crippen molar-refractivity contribution in [2.75, 3.05) is 6.54 Å². The molecule has 29 heavy (non-hydrogen) atoms. The highest BCUT2D eigenvalue weighted by Gasteiger charge is 2.11. The molecule has 1 N–H and O–H groups in total. The van der Waals surface area contributed by atoms with Crippen LogP contribution in [0.25, 0.3) is 17.1 Å². The quantitative estimate of drug-likeness (QED) is 0.562. The van der Waals surface area contributed by atoms with Gasteiger partial charge in [-0.1, -0.05) is 24.9 Å². The standard InChI is InChI=1S/C21H25ClFN5O/c1-4-5-12-28-21(22)16(14(2)26-28)7-9-20(29)24-11-10-19-25-17-13-15(23)6-8-18(17)27(19)3/h6-9,13H,4-5,10-12H2,1-3H3,(H,24,29)/b9-7+. The maximum absolute atomic E-state index is 13.4. The number of carbonyl (C=O) groups excluding carboxylic acids is 1. The fourth-order valence-corrected chi connectivity index (χ4v) is 3.50. The van der Waals surface area contributed by atoms with Crippen LogP contribution in [0.3, 0.4) is 0 Å². The fraction of sp³-hybridized carbons (Fsp3) is 0.381. The molecule has 0 fully saturated rings. The van der Waals surface area contributed by atoms with E-state index in [4.69, 9.17) is 11.6 Å². The summed E-state index contributed by atoms with van der Waals surface area (Å²) in [7, 11) is 1.88. The van der Waals surface area contributed by atoms with Gasteiger partial charge in [-0.25, -0.2) is 9.37 Å². The van der Waals surface area contributed by atoms with Gasteiger partial charge in [0, 0.05) is 44.3 Å². The van der Waals surface area contributed by atoms with Crippen molar-refractivity contribution in [2.45, 2.75) is 39.7 Å². The number of nitrogens with one attached hydrogen (secondary N) is 1. The van der Waals surface area contributed by atoms with Crippen LogP contribution in [-0.2, 0) is 24.8 Å². The van der Waals surface area contributed by atoms with Gasteiger partial charge in [-0.2, -0.15) is 5.10 Å². The first-order valence-corrected chi connectivity index (χ1v) is 10.1. The number of aromatic nitrogens is 4. The minimum absolute atomic E-state index is 0.216. The molecule has 0 aliphatic heterocycles. The number of rotatable bonds is 8. The number of hydrogen-bond donors (Lipinski definition) is 1. The summed E-state index contributed by atoms with van der Waals surface area (Å²) in [6.07, 6.45) is 5.76. The lowest BCUT2D eigenvalue weighted by molar-refractivity contribution is -0.116. The highest BCUT2D eigenvalue weighted by atomic mass is 35.5. The SMILES string of the molecule is CCCCn1nc(C)c(/C=C/C(=O)NCCc2nc3cc(F)ccc3n2C)c1Cl. The lowest BCUT2D eigenvalue weighted by Gasteiger charge is -2.03. The Hall–Kier alpha value is -2.67. The number of amides is 1. The van der Waals surface area contributed by atoms with Gasteiger partial charge in [0.1, 0.15) is 16.8 Å². The smallest absolute Gasteiger partial charge is 0.244 e. The first-order valence-electron chi connectivity index (χ1n) is 9.70. The molecule has 3 rings (SSSR count). The number of nitrogens with zero attached hydrogens (tertiary/aromatic N) is 4. The molecule has 0 aliphatic rings. The fourth-order valence-electron chi connectivity index (χ4n) is 3.17. The zero-order chi connectivity index (χ0) is 21.0. The third-order valence-electron chi connectivity index (χ3n) is 4.82. The maximum atomic E-state index is 13.4. The summed E-state index contributed by atoms with van der Waals surface area (Å²) in [5.41, 5.74) is 3.02. The number of fused-ring (bicyclic) bond motifs is 1. The summed E-state index contributed by atoms with van der Waals surface area (Å²) in [6, 6.07) is 4.53. The van der Waals surface area contributed by atoms with Crippen LogP contribution in [0, 0.1) is 12.7 Å². The van der Waals surface area contributed by atoms with Crippen molar-refractivity contribution >= 4 is 34.6 Å². The Labute approximate surface area is 174 Å². The summed E-state index contributed by atoms with van der Waals surface area (Å²) < 4.78 is 17.0. The topological polar surface area (TPSA) is 64.7 Å². The average Bonchev–Trinajstić information content (AvgIpc) is 3.14. The van der Waals surface area contributed by atoms with E-state index in [1.807, 2.05) is 18.5 Å². The van der Waals surface area contributed by atoms with Crippen molar-refractivity contribution in [1.82, 2.24) is 24.6 Å². The van der Waals surface area contributed by atoms with Gasteiger partial charge in [0.2, 0.25) is 5.91 Å². The average molecular weight is 418 g/mol. The second kappa shape index (κ2) is 9.22. The Morgan fingerprint density at radius 3 is 2.93 bits per heavy atom. The molecule has 0 unspecified atom stereocenters. The van der Waals surface area contributed by atoms with E-state index in [0.29, 0.717) is 23.6 Å². The number of hydrogen-bond acceptors (Lipinski definition) is 3. The molecule has 3 aromatic rings. The molecule has 1 amide bonds.